The number of nitrogens with two attached hydrogens (primary N) is 1. The van der Waals surface area contributed by atoms with Crippen molar-refractivity contribution in [3.63, 3.8) is 0 Å². The van der Waals surface area contributed by atoms with Crippen LogP contribution in [0.15, 0.2) is 0 Å². The van der Waals surface area contributed by atoms with Crippen molar-refractivity contribution in [1.29, 1.82) is 5.26 Å². The van der Waals surface area contributed by atoms with E-state index in [4.69, 9.17) is 11.0 Å². The Morgan fingerprint density at radius 3 is 2.70 bits per heavy atom. The predicted octanol–water partition coefficient (Wildman–Crippen LogP) is -0.248. The molecule has 1 rings (SSSR count). The number of hydrogen-bond acceptors (Lipinski definition) is 4. The lowest BCUT2D eigenvalue weighted by Gasteiger charge is -1.85. The first-order chi connectivity index (χ1) is 4.77. The predicted molar refractivity (Wildman–Crippen MR) is 34.8 cm³/mol. The Morgan fingerprint density at radius 2 is 2.40 bits per heavy atom. The molecule has 0 aromatic carbocycles. The van der Waals surface area contributed by atoms with E-state index >= 15 is 0 Å². The van der Waals surface area contributed by atoms with Crippen LogP contribution in [0.2, 0.25) is 0 Å². The highest BCUT2D eigenvalue weighted by Crippen LogP contribution is 2.00. The highest BCUT2D eigenvalue weighted by atomic mass is 15.5. The van der Waals surface area contributed by atoms with Crippen molar-refractivity contribution in [3.8, 4) is 6.07 Å². The van der Waals surface area contributed by atoms with Crippen molar-refractivity contribution in [2.75, 3.05) is 5.73 Å². The third kappa shape index (κ3) is 0.910. The van der Waals surface area contributed by atoms with Gasteiger partial charge in [-0.2, -0.15) is 10.1 Å². The van der Waals surface area contributed by atoms with Crippen LogP contribution in [-0.4, -0.2) is 15.0 Å². The topological polar surface area (TPSA) is 80.5 Å². The van der Waals surface area contributed by atoms with Crippen LogP contribution >= 0.6 is 0 Å². The smallest absolute Gasteiger partial charge is 0.206 e. The molecule has 0 amide bonds. The molecule has 0 atom stereocenters. The van der Waals surface area contributed by atoms with Crippen LogP contribution in [0.5, 0.6) is 0 Å². The number of hydrogen-bond donors (Lipinski definition) is 1. The average molecular weight is 137 g/mol. The molecule has 5 heteroatoms. The van der Waals surface area contributed by atoms with Crippen LogP contribution in [0.1, 0.15) is 12.6 Å². The lowest BCUT2D eigenvalue weighted by molar-refractivity contribution is 0.570. The fourth-order valence-electron chi connectivity index (χ4n) is 0.582. The zero-order valence-electron chi connectivity index (χ0n) is 5.57. The minimum Gasteiger partial charge on any atom is -0.380 e. The van der Waals surface area contributed by atoms with Gasteiger partial charge in [-0.05, 0) is 6.92 Å². The van der Waals surface area contributed by atoms with Crippen molar-refractivity contribution in [2.45, 2.75) is 13.5 Å². The van der Waals surface area contributed by atoms with E-state index in [9.17, 15) is 0 Å². The zero-order valence-corrected chi connectivity index (χ0v) is 5.57. The maximum atomic E-state index is 8.38. The second-order valence-corrected chi connectivity index (χ2v) is 1.73. The maximum Gasteiger partial charge on any atom is 0.206 e. The lowest BCUT2D eigenvalue weighted by Crippen LogP contribution is -1.98. The van der Waals surface area contributed by atoms with Crippen LogP contribution in [0.25, 0.3) is 0 Å². The quantitative estimate of drug-likeness (QED) is 0.578. The van der Waals surface area contributed by atoms with E-state index < -0.39 is 0 Å². The van der Waals surface area contributed by atoms with Crippen LogP contribution in [0, 0.1) is 11.3 Å². The second-order valence-electron chi connectivity index (χ2n) is 1.73. The number of anilines is 1. The molecule has 0 aliphatic carbocycles. The molecule has 2 N–H and O–H groups in total. The fourth-order valence-corrected chi connectivity index (χ4v) is 0.582. The van der Waals surface area contributed by atoms with Gasteiger partial charge >= 0.3 is 0 Å². The van der Waals surface area contributed by atoms with E-state index in [1.165, 1.54) is 4.80 Å². The SMILES string of the molecule is CCn1nc(N)c(C#N)n1. The van der Waals surface area contributed by atoms with Crippen LogP contribution in [0.3, 0.4) is 0 Å². The molecule has 5 nitrogen and oxygen atoms in total. The van der Waals surface area contributed by atoms with E-state index in [2.05, 4.69) is 10.2 Å². The van der Waals surface area contributed by atoms with Crippen LogP contribution < -0.4 is 5.73 Å². The van der Waals surface area contributed by atoms with Gasteiger partial charge in [-0.25, -0.2) is 0 Å². The number of nitrogen functional groups attached to an aromatic ring is 1. The summed E-state index contributed by atoms with van der Waals surface area (Å²) < 4.78 is 0. The molecule has 0 unspecified atom stereocenters. The lowest BCUT2D eigenvalue weighted by atomic mass is 10.5. The molecule has 0 radical (unpaired) electrons. The summed E-state index contributed by atoms with van der Waals surface area (Å²) in [6, 6.07) is 1.83. The summed E-state index contributed by atoms with van der Waals surface area (Å²) in [6.45, 7) is 2.51. The van der Waals surface area contributed by atoms with Gasteiger partial charge in [0.25, 0.3) is 0 Å². The second kappa shape index (κ2) is 2.35. The van der Waals surface area contributed by atoms with Crippen LogP contribution in [-0.2, 0) is 6.54 Å². The molecule has 1 heterocycles. The van der Waals surface area contributed by atoms with Gasteiger partial charge in [0.15, 0.2) is 5.82 Å². The molecule has 0 aliphatic heterocycles. The molecule has 0 fully saturated rings. The Kier molecular flexibility index (Phi) is 1.54. The first-order valence-electron chi connectivity index (χ1n) is 2.88. The molecule has 0 spiro atoms. The largest absolute Gasteiger partial charge is 0.380 e. The number of nitriles is 1. The third-order valence-electron chi connectivity index (χ3n) is 1.07. The minimum atomic E-state index is 0.196. The number of nitrogens with zero attached hydrogens (tertiary/aromatic N) is 4. The fraction of sp³-hybridized carbons (Fsp3) is 0.400. The third-order valence-corrected chi connectivity index (χ3v) is 1.07. The summed E-state index contributed by atoms with van der Waals surface area (Å²) in [5.41, 5.74) is 5.51. The number of aromatic nitrogens is 3. The molecule has 10 heavy (non-hydrogen) atoms. The molecule has 0 saturated heterocycles. The molecule has 1 aromatic heterocycles. The van der Waals surface area contributed by atoms with E-state index in [-0.39, 0.29) is 11.5 Å². The molecule has 1 aromatic rings. The van der Waals surface area contributed by atoms with Gasteiger partial charge in [-0.3, -0.25) is 0 Å². The Balaban J connectivity index is 3.07. The van der Waals surface area contributed by atoms with E-state index in [0.29, 0.717) is 6.54 Å². The van der Waals surface area contributed by atoms with E-state index in [1.807, 2.05) is 13.0 Å². The summed E-state index contributed by atoms with van der Waals surface area (Å²) in [7, 11) is 0. The summed E-state index contributed by atoms with van der Waals surface area (Å²) >= 11 is 0. The van der Waals surface area contributed by atoms with Gasteiger partial charge in [0.05, 0.1) is 6.54 Å². The Morgan fingerprint density at radius 1 is 1.70 bits per heavy atom. The molecule has 0 bridgehead atoms. The first-order valence-corrected chi connectivity index (χ1v) is 2.88. The number of rotatable bonds is 1. The monoisotopic (exact) mass is 137 g/mol. The molecular formula is C5H7N5. The maximum absolute atomic E-state index is 8.38. The van der Waals surface area contributed by atoms with Crippen molar-refractivity contribution >= 4 is 5.82 Å². The van der Waals surface area contributed by atoms with Gasteiger partial charge in [0.1, 0.15) is 6.07 Å². The van der Waals surface area contributed by atoms with E-state index in [1.54, 1.807) is 0 Å². The van der Waals surface area contributed by atoms with Gasteiger partial charge in [0, 0.05) is 0 Å². The first kappa shape index (κ1) is 6.55. The van der Waals surface area contributed by atoms with Gasteiger partial charge in [0.2, 0.25) is 5.69 Å². The van der Waals surface area contributed by atoms with Gasteiger partial charge in [-0.1, -0.05) is 0 Å². The Labute approximate surface area is 58.1 Å². The Hall–Kier alpha value is -1.57. The molecular weight excluding hydrogens is 130 g/mol. The minimum absolute atomic E-state index is 0.196. The van der Waals surface area contributed by atoms with Crippen molar-refractivity contribution in [1.82, 2.24) is 15.0 Å². The summed E-state index contributed by atoms with van der Waals surface area (Å²) in [4.78, 5) is 1.38. The summed E-state index contributed by atoms with van der Waals surface area (Å²) in [6.07, 6.45) is 0. The molecule has 0 aliphatic rings. The van der Waals surface area contributed by atoms with Gasteiger partial charge < -0.3 is 5.73 Å². The summed E-state index contributed by atoms with van der Waals surface area (Å²) in [5.74, 6) is 0.198. The van der Waals surface area contributed by atoms with Crippen molar-refractivity contribution in [2.24, 2.45) is 0 Å². The molecule has 0 saturated carbocycles. The normalized spacial score (nSPS) is 9.20. The Bertz CT molecular complexity index is 268. The average Bonchev–Trinajstić information content (AvgIpc) is 2.30. The summed E-state index contributed by atoms with van der Waals surface area (Å²) in [5, 5.41) is 15.9. The molecule has 52 valence electrons. The highest BCUT2D eigenvalue weighted by molar-refractivity contribution is 5.41. The van der Waals surface area contributed by atoms with Crippen molar-refractivity contribution in [3.05, 3.63) is 5.69 Å². The van der Waals surface area contributed by atoms with Gasteiger partial charge in [-0.15, -0.1) is 10.2 Å². The standard InChI is InChI=1S/C5H7N5/c1-2-10-8-4(3-6)5(7)9-10/h2H2,1H3,(H2,7,9). The highest BCUT2D eigenvalue weighted by Gasteiger charge is 2.03. The van der Waals surface area contributed by atoms with Crippen LogP contribution in [0.4, 0.5) is 5.82 Å². The number of aryl methyl sites for hydroxylation is 1. The zero-order chi connectivity index (χ0) is 7.56. The van der Waals surface area contributed by atoms with Crippen molar-refractivity contribution < 1.29 is 0 Å². The van der Waals surface area contributed by atoms with E-state index in [0.717, 1.165) is 0 Å².